The first-order valence-corrected chi connectivity index (χ1v) is 34.8. The topological polar surface area (TPSA) is 103 Å². The van der Waals surface area contributed by atoms with E-state index in [4.69, 9.17) is 19.2 Å². The lowest BCUT2D eigenvalue weighted by Gasteiger charge is -2.26. The van der Waals surface area contributed by atoms with Crippen molar-refractivity contribution in [1.29, 1.82) is 0 Å². The minimum Gasteiger partial charge on any atom is -0.456 e. The smallest absolute Gasteiger partial charge is 0.425 e. The van der Waals surface area contributed by atoms with Crippen molar-refractivity contribution in [3.05, 3.63) is 302 Å². The van der Waals surface area contributed by atoms with E-state index in [1.165, 1.54) is 180 Å². The van der Waals surface area contributed by atoms with Crippen molar-refractivity contribution in [2.75, 3.05) is 0 Å². The Morgan fingerprint density at radius 2 is 0.569 bits per heavy atom. The van der Waals surface area contributed by atoms with Crippen LogP contribution in [0, 0.1) is 0 Å². The molecule has 0 radical (unpaired) electrons. The number of rotatable bonds is 0. The van der Waals surface area contributed by atoms with Gasteiger partial charge in [-0.1, -0.05) is 42.5 Å². The number of hydrogen-bond acceptors (Lipinski definition) is 7. The van der Waals surface area contributed by atoms with Crippen LogP contribution in [-0.2, 0) is 17.0 Å². The molecule has 13 nitrogen and oxygen atoms in total. The Labute approximate surface area is 574 Å². The fourth-order valence-corrected chi connectivity index (χ4v) is 21.5. The van der Waals surface area contributed by atoms with Gasteiger partial charge in [0.1, 0.15) is 34.5 Å². The second-order valence-electron chi connectivity index (χ2n) is 28.7. The zero-order valence-corrected chi connectivity index (χ0v) is 53.6. The van der Waals surface area contributed by atoms with Crippen LogP contribution in [0.4, 0.5) is 0 Å². The van der Waals surface area contributed by atoms with E-state index in [1.54, 1.807) is 0 Å². The van der Waals surface area contributed by atoms with Crippen LogP contribution in [0.3, 0.4) is 0 Å². The van der Waals surface area contributed by atoms with Crippen LogP contribution >= 0.6 is 0 Å². The van der Waals surface area contributed by atoms with Crippen LogP contribution in [0.25, 0.3) is 163 Å². The monoisotopic (exact) mass is 1300 g/mol. The molecule has 3 unspecified atom stereocenters. The summed E-state index contributed by atoms with van der Waals surface area (Å²) >= 11 is 0. The van der Waals surface area contributed by atoms with Crippen molar-refractivity contribution in [1.82, 2.24) is 20.2 Å². The Hall–Kier alpha value is -13.8. The number of hydrogen-bond donors (Lipinski definition) is 0. The summed E-state index contributed by atoms with van der Waals surface area (Å²) in [5, 5.41) is 36.7. The zero-order valence-electron chi connectivity index (χ0n) is 53.6. The van der Waals surface area contributed by atoms with E-state index in [1.807, 2.05) is 37.1 Å². The maximum Gasteiger partial charge on any atom is 0.425 e. The standard InChI is InChI=1S/2C30H15N3O.C29H14N4O/c1-5-18-19-6-3-15-33-29(19)24-20(27(18)31-13-1)10-12-22-26(24)30(33)25-21(34-22)11-9-16-7-8-17-4-2-14-32(30)28(17)23(16)25;1-3-17-6-5-16-7-9-22-26-24(16)28(17)32(13-1)30(26)27-23(34-22)10-8-19-21-15-31-12-11-18(21)20-4-2-14-33(30)29(20)25(19)27;1-3-16-6-5-15-7-9-21-25-23(15)27(16)32(11-1)29(25)26-22(34-21)10-8-17-19-13-30-31-14-20(19)18-4-2-12-33(29)28(18)24(17)26/h2*1-15H;1-14H/q3*+2. The van der Waals surface area contributed by atoms with Crippen LogP contribution < -0.4 is 41.6 Å². The van der Waals surface area contributed by atoms with Crippen molar-refractivity contribution in [2.45, 2.75) is 17.0 Å². The van der Waals surface area contributed by atoms with Crippen LogP contribution in [0.15, 0.2) is 268 Å². The first-order chi connectivity index (χ1) is 50.6. The molecule has 3 spiro atoms. The Bertz CT molecular complexity index is 7240. The molecule has 0 bridgehead atoms. The molecule has 18 heterocycles. The summed E-state index contributed by atoms with van der Waals surface area (Å²) in [7, 11) is 0. The summed E-state index contributed by atoms with van der Waals surface area (Å²) in [4.78, 5) is 9.34. The summed E-state index contributed by atoms with van der Waals surface area (Å²) in [6, 6.07) is 72.2. The maximum absolute atomic E-state index is 6.68. The predicted molar refractivity (Wildman–Crippen MR) is 389 cm³/mol. The lowest BCUT2D eigenvalue weighted by molar-refractivity contribution is -0.945. The highest BCUT2D eigenvalue weighted by Gasteiger charge is 2.73. The molecule has 0 amide bonds. The predicted octanol–water partition coefficient (Wildman–Crippen LogP) is 15.8. The molecule has 9 aliphatic heterocycles. The molecular formula is C89H44N10O3+6. The molecule has 102 heavy (non-hydrogen) atoms. The normalized spacial score (nSPS) is 18.4. The molecule has 9 aromatic heterocycles. The quantitative estimate of drug-likeness (QED) is 0.110. The maximum atomic E-state index is 6.68. The van der Waals surface area contributed by atoms with Gasteiger partial charge in [0, 0.05) is 98.1 Å². The van der Waals surface area contributed by atoms with Gasteiger partial charge in [0.05, 0.1) is 66.4 Å². The first kappa shape index (κ1) is 50.6. The van der Waals surface area contributed by atoms with Gasteiger partial charge in [-0.3, -0.25) is 9.97 Å². The Balaban J connectivity index is 0.0000000844. The molecule has 0 aliphatic carbocycles. The van der Waals surface area contributed by atoms with Gasteiger partial charge in [0.25, 0.3) is 0 Å². The van der Waals surface area contributed by atoms with E-state index in [9.17, 15) is 0 Å². The van der Waals surface area contributed by atoms with Crippen molar-refractivity contribution in [3.63, 3.8) is 0 Å². The summed E-state index contributed by atoms with van der Waals surface area (Å²) in [5.41, 5.74) is 14.4. The number of fused-ring (bicyclic) bond motifs is 9. The van der Waals surface area contributed by atoms with Gasteiger partial charge in [-0.2, -0.15) is 10.2 Å². The SMILES string of the molecule is c1cc2ccc3ccc4c5c3c2[n+](c1)C51c2c(ccc3c5cnccc5c5ccc[n+]1c5c23)O4.c1cc2ccc3ccc4c5c3c2[n+](c1)C51c2c(ccc3c5cnncc5c5ccc[n+]1c5c23)O4.c1cnc2c(c1)c1ccc[n+]3c1c1c4c(ccc21)Oc1ccc2ccc5ccc[n+]6c5c2c1C463. The largest absolute Gasteiger partial charge is 0.456 e. The molecule has 3 atom stereocenters. The first-order valence-electron chi connectivity index (χ1n) is 34.8. The van der Waals surface area contributed by atoms with E-state index in [-0.39, 0.29) is 0 Å². The third kappa shape index (κ3) is 5.05. The average molecular weight is 1300 g/mol. The van der Waals surface area contributed by atoms with Crippen LogP contribution in [0.1, 0.15) is 33.4 Å². The van der Waals surface area contributed by atoms with Crippen molar-refractivity contribution >= 4 is 163 Å². The van der Waals surface area contributed by atoms with E-state index >= 15 is 0 Å². The Morgan fingerprint density at radius 1 is 0.235 bits per heavy atom. The molecule has 21 aromatic rings. The van der Waals surface area contributed by atoms with Gasteiger partial charge < -0.3 is 14.2 Å². The number of pyridine rings is 8. The van der Waals surface area contributed by atoms with Gasteiger partial charge >= 0.3 is 17.0 Å². The van der Waals surface area contributed by atoms with E-state index in [0.717, 1.165) is 50.8 Å². The molecule has 30 rings (SSSR count). The number of aromatic nitrogens is 10. The highest BCUT2D eigenvalue weighted by Crippen LogP contribution is 2.62. The molecule has 0 saturated carbocycles. The minimum atomic E-state index is -0.536. The van der Waals surface area contributed by atoms with Crippen LogP contribution in [0.2, 0.25) is 0 Å². The third-order valence-corrected chi connectivity index (χ3v) is 24.8. The van der Waals surface area contributed by atoms with Gasteiger partial charge in [0.2, 0.25) is 33.1 Å². The number of ether oxygens (including phenoxy) is 3. The minimum absolute atomic E-state index is 0.516. The number of benzene rings is 12. The molecule has 462 valence electrons. The zero-order chi connectivity index (χ0) is 65.3. The fraction of sp³-hybridized carbons (Fsp3) is 0.0337. The number of nitrogens with zero attached hydrogens (tertiary/aromatic N) is 10. The fourth-order valence-electron chi connectivity index (χ4n) is 21.5. The summed E-state index contributed by atoms with van der Waals surface area (Å²) in [6.07, 6.45) is 23.1. The summed E-state index contributed by atoms with van der Waals surface area (Å²) in [6.45, 7) is 0. The van der Waals surface area contributed by atoms with Crippen molar-refractivity contribution < 1.29 is 41.6 Å². The van der Waals surface area contributed by atoms with E-state index in [0.29, 0.717) is 0 Å². The molecule has 0 N–H and O–H groups in total. The van der Waals surface area contributed by atoms with Gasteiger partial charge in [0.15, 0.2) is 70.6 Å². The molecule has 9 aliphatic rings. The highest BCUT2D eigenvalue weighted by atomic mass is 16.5. The molecule has 0 saturated heterocycles. The molecular weight excluding hydrogens is 1260 g/mol. The van der Waals surface area contributed by atoms with Gasteiger partial charge in [-0.25, -0.2) is 0 Å². The second kappa shape index (κ2) is 16.3. The highest BCUT2D eigenvalue weighted by molar-refractivity contribution is 6.28. The third-order valence-electron chi connectivity index (χ3n) is 24.8. The second-order valence-corrected chi connectivity index (χ2v) is 28.7. The average Bonchev–Trinajstić information content (AvgIpc) is 1.49. The van der Waals surface area contributed by atoms with Crippen molar-refractivity contribution in [2.24, 2.45) is 0 Å². The molecule has 12 aromatic carbocycles. The summed E-state index contributed by atoms with van der Waals surface area (Å²) < 4.78 is 34.9. The van der Waals surface area contributed by atoms with Gasteiger partial charge in [-0.05, 0) is 154 Å². The van der Waals surface area contributed by atoms with Crippen LogP contribution in [-0.4, -0.2) is 20.2 Å². The van der Waals surface area contributed by atoms with E-state index in [2.05, 4.69) is 274 Å². The Morgan fingerprint density at radius 3 is 1.03 bits per heavy atom. The lowest BCUT2D eigenvalue weighted by Crippen LogP contribution is -2.72. The van der Waals surface area contributed by atoms with Gasteiger partial charge in [-0.15, -0.1) is 27.4 Å². The van der Waals surface area contributed by atoms with Crippen LogP contribution in [0.5, 0.6) is 34.5 Å². The van der Waals surface area contributed by atoms with E-state index < -0.39 is 17.0 Å². The lowest BCUT2D eigenvalue weighted by atomic mass is 9.85. The van der Waals surface area contributed by atoms with Crippen molar-refractivity contribution in [3.8, 4) is 34.5 Å². The molecule has 0 fully saturated rings. The Kier molecular flexibility index (Phi) is 8.10. The summed E-state index contributed by atoms with van der Waals surface area (Å²) in [5.74, 6) is 5.60. The molecule has 13 heteroatoms.